The van der Waals surface area contributed by atoms with Crippen molar-refractivity contribution in [3.63, 3.8) is 0 Å². The molecule has 0 saturated carbocycles. The third kappa shape index (κ3) is 4.21. The van der Waals surface area contributed by atoms with E-state index in [2.05, 4.69) is 0 Å². The molecule has 104 valence electrons. The van der Waals surface area contributed by atoms with Crippen molar-refractivity contribution >= 4 is 23.1 Å². The highest BCUT2D eigenvalue weighted by atomic mass is 32.1. The number of carbonyl (C=O) groups is 1. The first-order chi connectivity index (χ1) is 8.82. The summed E-state index contributed by atoms with van der Waals surface area (Å²) in [7, 11) is 1.68. The molecule has 0 bridgehead atoms. The minimum absolute atomic E-state index is 0.0682. The number of nitrogens with two attached hydrogens (primary N) is 1. The Morgan fingerprint density at radius 3 is 2.53 bits per heavy atom. The van der Waals surface area contributed by atoms with E-state index in [1.807, 2.05) is 19.9 Å². The molecular formula is C14H20N2O2S. The quantitative estimate of drug-likeness (QED) is 0.840. The molecule has 2 N–H and O–H groups in total. The van der Waals surface area contributed by atoms with E-state index in [0.29, 0.717) is 16.3 Å². The molecule has 0 aliphatic heterocycles. The first-order valence-electron chi connectivity index (χ1n) is 6.16. The van der Waals surface area contributed by atoms with Gasteiger partial charge in [-0.2, -0.15) is 0 Å². The summed E-state index contributed by atoms with van der Waals surface area (Å²) in [6, 6.07) is 6.82. The number of thiocarbonyl (C=S) groups is 1. The summed E-state index contributed by atoms with van der Waals surface area (Å²) in [5, 5.41) is 0. The Morgan fingerprint density at radius 1 is 1.37 bits per heavy atom. The molecule has 0 aliphatic rings. The second-order valence-corrected chi connectivity index (χ2v) is 5.16. The fourth-order valence-corrected chi connectivity index (χ4v) is 1.70. The van der Waals surface area contributed by atoms with E-state index in [-0.39, 0.29) is 18.1 Å². The number of carbonyl (C=O) groups excluding carboxylic acids is 1. The highest BCUT2D eigenvalue weighted by Gasteiger charge is 2.19. The molecule has 4 nitrogen and oxygen atoms in total. The van der Waals surface area contributed by atoms with E-state index >= 15 is 0 Å². The van der Waals surface area contributed by atoms with Gasteiger partial charge in [-0.15, -0.1) is 0 Å². The second-order valence-electron chi connectivity index (χ2n) is 4.69. The fourth-order valence-electron chi connectivity index (χ4n) is 1.54. The van der Waals surface area contributed by atoms with Crippen LogP contribution in [0.3, 0.4) is 0 Å². The first kappa shape index (κ1) is 15.4. The van der Waals surface area contributed by atoms with Gasteiger partial charge in [0.1, 0.15) is 5.75 Å². The van der Waals surface area contributed by atoms with Gasteiger partial charge in [0.2, 0.25) is 0 Å². The van der Waals surface area contributed by atoms with E-state index in [1.165, 1.54) is 4.90 Å². The van der Waals surface area contributed by atoms with E-state index in [9.17, 15) is 4.79 Å². The molecule has 1 aromatic carbocycles. The zero-order valence-electron chi connectivity index (χ0n) is 11.7. The first-order valence-corrected chi connectivity index (χ1v) is 6.57. The SMILES string of the molecule is CC(C)Oc1cccc(C(=O)N(C)C(C)C(N)=S)c1. The molecule has 5 heteroatoms. The van der Waals surface area contributed by atoms with Crippen LogP contribution in [0, 0.1) is 0 Å². The number of amides is 1. The molecule has 0 saturated heterocycles. The lowest BCUT2D eigenvalue weighted by molar-refractivity contribution is 0.0778. The topological polar surface area (TPSA) is 55.6 Å². The van der Waals surface area contributed by atoms with Crippen LogP contribution >= 0.6 is 12.2 Å². The van der Waals surface area contributed by atoms with Crippen LogP contribution in [0.5, 0.6) is 5.75 Å². The Hall–Kier alpha value is -1.62. The Bertz CT molecular complexity index is 474. The van der Waals surface area contributed by atoms with E-state index in [4.69, 9.17) is 22.7 Å². The Labute approximate surface area is 119 Å². The van der Waals surface area contributed by atoms with Gasteiger partial charge in [0.25, 0.3) is 5.91 Å². The van der Waals surface area contributed by atoms with Crippen molar-refractivity contribution in [3.05, 3.63) is 29.8 Å². The van der Waals surface area contributed by atoms with Gasteiger partial charge in [-0.05, 0) is 39.0 Å². The smallest absolute Gasteiger partial charge is 0.254 e. The molecule has 0 radical (unpaired) electrons. The molecule has 1 atom stereocenters. The van der Waals surface area contributed by atoms with Crippen LogP contribution in [0.25, 0.3) is 0 Å². The zero-order chi connectivity index (χ0) is 14.6. The molecule has 0 spiro atoms. The number of rotatable bonds is 5. The third-order valence-corrected chi connectivity index (χ3v) is 3.11. The van der Waals surface area contributed by atoms with Crippen molar-refractivity contribution in [1.29, 1.82) is 0 Å². The molecule has 0 aliphatic carbocycles. The van der Waals surface area contributed by atoms with Crippen LogP contribution in [0.1, 0.15) is 31.1 Å². The van der Waals surface area contributed by atoms with Gasteiger partial charge in [0.15, 0.2) is 0 Å². The predicted octanol–water partition coefficient (Wildman–Crippen LogP) is 2.22. The monoisotopic (exact) mass is 280 g/mol. The number of benzene rings is 1. The number of hydrogen-bond donors (Lipinski definition) is 1. The number of hydrogen-bond acceptors (Lipinski definition) is 3. The van der Waals surface area contributed by atoms with Gasteiger partial charge >= 0.3 is 0 Å². The molecular weight excluding hydrogens is 260 g/mol. The molecule has 0 heterocycles. The standard InChI is InChI=1S/C14H20N2O2S/c1-9(2)18-12-7-5-6-11(8-12)14(17)16(4)10(3)13(15)19/h5-10H,1-4H3,(H2,15,19). The summed E-state index contributed by atoms with van der Waals surface area (Å²) in [6.07, 6.45) is 0.0682. The maximum absolute atomic E-state index is 12.3. The van der Waals surface area contributed by atoms with Crippen molar-refractivity contribution in [2.75, 3.05) is 7.05 Å². The lowest BCUT2D eigenvalue weighted by atomic mass is 10.1. The highest BCUT2D eigenvalue weighted by molar-refractivity contribution is 7.80. The third-order valence-electron chi connectivity index (χ3n) is 2.77. The summed E-state index contributed by atoms with van der Waals surface area (Å²) >= 11 is 4.91. The van der Waals surface area contributed by atoms with E-state index in [0.717, 1.165) is 0 Å². The molecule has 0 aromatic heterocycles. The van der Waals surface area contributed by atoms with Gasteiger partial charge in [-0.1, -0.05) is 18.3 Å². The Morgan fingerprint density at radius 2 is 2.00 bits per heavy atom. The Kier molecular flexibility index (Phi) is 5.30. The van der Waals surface area contributed by atoms with E-state index in [1.54, 1.807) is 32.2 Å². The van der Waals surface area contributed by atoms with Crippen molar-refractivity contribution in [2.24, 2.45) is 5.73 Å². The highest BCUT2D eigenvalue weighted by Crippen LogP contribution is 2.16. The minimum Gasteiger partial charge on any atom is -0.491 e. The largest absolute Gasteiger partial charge is 0.491 e. The van der Waals surface area contributed by atoms with Gasteiger partial charge in [0.05, 0.1) is 17.1 Å². The van der Waals surface area contributed by atoms with Crippen LogP contribution in [0.15, 0.2) is 24.3 Å². The molecule has 0 fully saturated rings. The zero-order valence-corrected chi connectivity index (χ0v) is 12.5. The summed E-state index contributed by atoms with van der Waals surface area (Å²) < 4.78 is 5.57. The van der Waals surface area contributed by atoms with Crippen molar-refractivity contribution in [2.45, 2.75) is 32.9 Å². The average Bonchev–Trinajstić information content (AvgIpc) is 2.35. The van der Waals surface area contributed by atoms with Crippen LogP contribution < -0.4 is 10.5 Å². The fraction of sp³-hybridized carbons (Fsp3) is 0.429. The number of likely N-dealkylation sites (N-methyl/N-ethyl adjacent to an activating group) is 1. The van der Waals surface area contributed by atoms with Crippen molar-refractivity contribution in [3.8, 4) is 5.75 Å². The van der Waals surface area contributed by atoms with Crippen molar-refractivity contribution < 1.29 is 9.53 Å². The van der Waals surface area contributed by atoms with Crippen LogP contribution in [0.2, 0.25) is 0 Å². The number of ether oxygens (including phenoxy) is 1. The molecule has 19 heavy (non-hydrogen) atoms. The molecule has 1 rings (SSSR count). The summed E-state index contributed by atoms with van der Waals surface area (Å²) in [5.74, 6) is 0.548. The lowest BCUT2D eigenvalue weighted by Crippen LogP contribution is -2.42. The maximum atomic E-state index is 12.3. The van der Waals surface area contributed by atoms with Gasteiger partial charge < -0.3 is 15.4 Å². The summed E-state index contributed by atoms with van der Waals surface area (Å²) in [5.41, 5.74) is 6.12. The van der Waals surface area contributed by atoms with Crippen LogP contribution in [-0.4, -0.2) is 35.0 Å². The average molecular weight is 280 g/mol. The summed E-state index contributed by atoms with van der Waals surface area (Å²) in [4.78, 5) is 14.1. The minimum atomic E-state index is -0.280. The molecule has 1 amide bonds. The van der Waals surface area contributed by atoms with Crippen LogP contribution in [-0.2, 0) is 0 Å². The van der Waals surface area contributed by atoms with Crippen molar-refractivity contribution in [1.82, 2.24) is 4.90 Å². The normalized spacial score (nSPS) is 12.1. The summed E-state index contributed by atoms with van der Waals surface area (Å²) in [6.45, 7) is 5.68. The molecule has 1 unspecified atom stereocenters. The molecule has 1 aromatic rings. The lowest BCUT2D eigenvalue weighted by Gasteiger charge is -2.24. The maximum Gasteiger partial charge on any atom is 0.254 e. The van der Waals surface area contributed by atoms with Gasteiger partial charge in [-0.3, -0.25) is 4.79 Å². The van der Waals surface area contributed by atoms with Gasteiger partial charge in [-0.25, -0.2) is 0 Å². The van der Waals surface area contributed by atoms with E-state index < -0.39 is 0 Å². The second kappa shape index (κ2) is 6.52. The van der Waals surface area contributed by atoms with Gasteiger partial charge in [0, 0.05) is 12.6 Å². The number of nitrogens with zero attached hydrogens (tertiary/aromatic N) is 1. The predicted molar refractivity (Wildman–Crippen MR) is 80.5 cm³/mol. The van der Waals surface area contributed by atoms with Crippen LogP contribution in [0.4, 0.5) is 0 Å². The Balaban J connectivity index is 2.90.